The Bertz CT molecular complexity index is 625. The quantitative estimate of drug-likeness (QED) is 0.424. The van der Waals surface area contributed by atoms with Crippen molar-refractivity contribution in [1.82, 2.24) is 0 Å². The Morgan fingerprint density at radius 3 is 1.74 bits per heavy atom. The predicted octanol–water partition coefficient (Wildman–Crippen LogP) is 3.40. The van der Waals surface area contributed by atoms with Crippen LogP contribution in [0.25, 0.3) is 10.8 Å². The van der Waals surface area contributed by atoms with Crippen LogP contribution in [-0.4, -0.2) is 5.11 Å². The fourth-order valence-electron chi connectivity index (χ4n) is 1.76. The number of fused-ring (bicyclic) bond motifs is 1. The Kier molecular flexibility index (Phi) is 3.88. The first kappa shape index (κ1) is 12.8. The molecule has 0 aliphatic carbocycles. The van der Waals surface area contributed by atoms with Gasteiger partial charge in [-0.3, -0.25) is 0 Å². The molecule has 0 bridgehead atoms. The van der Waals surface area contributed by atoms with Crippen molar-refractivity contribution in [3.8, 4) is 5.75 Å². The predicted molar refractivity (Wildman–Crippen MR) is 80.9 cm³/mol. The molecule has 0 saturated carbocycles. The summed E-state index contributed by atoms with van der Waals surface area (Å²) in [6.07, 6.45) is 0. The number of anilines is 2. The highest BCUT2D eigenvalue weighted by Gasteiger charge is 2.00. The normalized spacial score (nSPS) is 9.68. The van der Waals surface area contributed by atoms with Crippen molar-refractivity contribution in [3.05, 3.63) is 66.7 Å². The summed E-state index contributed by atoms with van der Waals surface area (Å²) in [6.45, 7) is 0. The van der Waals surface area contributed by atoms with Crippen molar-refractivity contribution >= 4 is 22.1 Å². The van der Waals surface area contributed by atoms with E-state index in [0.29, 0.717) is 5.69 Å². The number of rotatable bonds is 0. The molecule has 3 rings (SSSR count). The van der Waals surface area contributed by atoms with Crippen LogP contribution in [-0.2, 0) is 0 Å². The molecule has 3 heteroatoms. The lowest BCUT2D eigenvalue weighted by molar-refractivity contribution is 0.481. The molecule has 0 aliphatic heterocycles. The van der Waals surface area contributed by atoms with Crippen molar-refractivity contribution in [2.24, 2.45) is 0 Å². The largest absolute Gasteiger partial charge is 0.507 e. The van der Waals surface area contributed by atoms with E-state index >= 15 is 0 Å². The second-order valence-electron chi connectivity index (χ2n) is 4.13. The second-order valence-corrected chi connectivity index (χ2v) is 4.13. The standard InChI is InChI=1S/C10H9NO.C6H7N/c11-9-5-6-10(12)8-4-2-1-3-7(8)9;7-6-4-2-1-3-5-6/h1-6,12H,11H2;1-5H,7H2. The molecule has 0 spiro atoms. The molecule has 19 heavy (non-hydrogen) atoms. The minimum atomic E-state index is 0.278. The molecule has 0 atom stereocenters. The van der Waals surface area contributed by atoms with E-state index in [2.05, 4.69) is 0 Å². The number of aromatic hydroxyl groups is 1. The van der Waals surface area contributed by atoms with Gasteiger partial charge in [0.25, 0.3) is 0 Å². The SMILES string of the molecule is Nc1ccc(O)c2ccccc12.Nc1ccccc1. The van der Waals surface area contributed by atoms with Crippen molar-refractivity contribution < 1.29 is 5.11 Å². The molecule has 96 valence electrons. The van der Waals surface area contributed by atoms with E-state index in [1.807, 2.05) is 54.6 Å². The summed E-state index contributed by atoms with van der Waals surface area (Å²) in [5.41, 5.74) is 12.6. The molecule has 5 N–H and O–H groups in total. The molecule has 3 nitrogen and oxygen atoms in total. The van der Waals surface area contributed by atoms with Crippen LogP contribution in [0.15, 0.2) is 66.7 Å². The number of phenolic OH excluding ortho intramolecular Hbond substituents is 1. The van der Waals surface area contributed by atoms with Crippen molar-refractivity contribution in [3.63, 3.8) is 0 Å². The lowest BCUT2D eigenvalue weighted by Gasteiger charge is -2.02. The maximum atomic E-state index is 9.44. The van der Waals surface area contributed by atoms with Crippen LogP contribution >= 0.6 is 0 Å². The first-order chi connectivity index (χ1) is 9.18. The van der Waals surface area contributed by atoms with Crippen LogP contribution in [0.1, 0.15) is 0 Å². The zero-order chi connectivity index (χ0) is 13.7. The highest BCUT2D eigenvalue weighted by Crippen LogP contribution is 2.28. The van der Waals surface area contributed by atoms with Crippen LogP contribution in [0.4, 0.5) is 11.4 Å². The zero-order valence-corrected chi connectivity index (χ0v) is 10.5. The number of para-hydroxylation sites is 1. The first-order valence-corrected chi connectivity index (χ1v) is 5.95. The maximum absolute atomic E-state index is 9.44. The molecule has 0 fully saturated rings. The van der Waals surface area contributed by atoms with Gasteiger partial charge in [0.2, 0.25) is 0 Å². The minimum absolute atomic E-state index is 0.278. The van der Waals surface area contributed by atoms with Crippen molar-refractivity contribution in [2.75, 3.05) is 11.5 Å². The van der Waals surface area contributed by atoms with Crippen LogP contribution in [0.3, 0.4) is 0 Å². The number of nitrogen functional groups attached to an aromatic ring is 2. The summed E-state index contributed by atoms with van der Waals surface area (Å²) in [5.74, 6) is 0.278. The molecule has 0 aromatic heterocycles. The molecular weight excluding hydrogens is 236 g/mol. The highest BCUT2D eigenvalue weighted by molar-refractivity contribution is 5.96. The summed E-state index contributed by atoms with van der Waals surface area (Å²) >= 11 is 0. The summed E-state index contributed by atoms with van der Waals surface area (Å²) in [6, 6.07) is 20.3. The third kappa shape index (κ3) is 3.16. The van der Waals surface area contributed by atoms with Gasteiger partial charge in [-0.15, -0.1) is 0 Å². The Morgan fingerprint density at radius 2 is 1.21 bits per heavy atom. The number of benzene rings is 3. The number of phenols is 1. The zero-order valence-electron chi connectivity index (χ0n) is 10.5. The van der Waals surface area contributed by atoms with E-state index in [1.165, 1.54) is 0 Å². The molecule has 0 radical (unpaired) electrons. The van der Waals surface area contributed by atoms with Gasteiger partial charge in [0.1, 0.15) is 5.75 Å². The van der Waals surface area contributed by atoms with Gasteiger partial charge in [-0.1, -0.05) is 42.5 Å². The lowest BCUT2D eigenvalue weighted by Crippen LogP contribution is -1.85. The molecular formula is C16H16N2O. The fourth-order valence-corrected chi connectivity index (χ4v) is 1.76. The van der Waals surface area contributed by atoms with Gasteiger partial charge in [0.05, 0.1) is 0 Å². The van der Waals surface area contributed by atoms with E-state index in [4.69, 9.17) is 11.5 Å². The van der Waals surface area contributed by atoms with Gasteiger partial charge in [0, 0.05) is 22.1 Å². The van der Waals surface area contributed by atoms with E-state index in [1.54, 1.807) is 12.1 Å². The van der Waals surface area contributed by atoms with Gasteiger partial charge >= 0.3 is 0 Å². The van der Waals surface area contributed by atoms with Crippen LogP contribution < -0.4 is 11.5 Å². The number of hydrogen-bond donors (Lipinski definition) is 3. The summed E-state index contributed by atoms with van der Waals surface area (Å²) in [4.78, 5) is 0. The van der Waals surface area contributed by atoms with E-state index in [0.717, 1.165) is 16.5 Å². The van der Waals surface area contributed by atoms with E-state index < -0.39 is 0 Å². The molecule has 3 aromatic carbocycles. The van der Waals surface area contributed by atoms with Crippen molar-refractivity contribution in [2.45, 2.75) is 0 Å². The lowest BCUT2D eigenvalue weighted by atomic mass is 10.1. The van der Waals surface area contributed by atoms with Gasteiger partial charge < -0.3 is 16.6 Å². The second kappa shape index (κ2) is 5.78. The Balaban J connectivity index is 0.000000163. The minimum Gasteiger partial charge on any atom is -0.507 e. The monoisotopic (exact) mass is 252 g/mol. The summed E-state index contributed by atoms with van der Waals surface area (Å²) in [7, 11) is 0. The Hall–Kier alpha value is -2.68. The first-order valence-electron chi connectivity index (χ1n) is 5.95. The average Bonchev–Trinajstić information content (AvgIpc) is 2.45. The van der Waals surface area contributed by atoms with Crippen LogP contribution in [0.2, 0.25) is 0 Å². The van der Waals surface area contributed by atoms with Gasteiger partial charge in [-0.05, 0) is 24.3 Å². The Labute approximate surface area is 112 Å². The number of nitrogens with two attached hydrogens (primary N) is 2. The molecule has 0 aliphatic rings. The fraction of sp³-hybridized carbons (Fsp3) is 0. The summed E-state index contributed by atoms with van der Waals surface area (Å²) < 4.78 is 0. The highest BCUT2D eigenvalue weighted by atomic mass is 16.3. The molecule has 0 unspecified atom stereocenters. The third-order valence-corrected chi connectivity index (χ3v) is 2.73. The Morgan fingerprint density at radius 1 is 0.632 bits per heavy atom. The van der Waals surface area contributed by atoms with Gasteiger partial charge in [0.15, 0.2) is 0 Å². The molecule has 3 aromatic rings. The molecule has 0 heterocycles. The summed E-state index contributed by atoms with van der Waals surface area (Å²) in [5, 5.41) is 11.1. The van der Waals surface area contributed by atoms with Gasteiger partial charge in [-0.25, -0.2) is 0 Å². The third-order valence-electron chi connectivity index (χ3n) is 2.73. The van der Waals surface area contributed by atoms with Crippen molar-refractivity contribution in [1.29, 1.82) is 0 Å². The smallest absolute Gasteiger partial charge is 0.123 e. The molecule has 0 amide bonds. The van der Waals surface area contributed by atoms with Crippen LogP contribution in [0, 0.1) is 0 Å². The maximum Gasteiger partial charge on any atom is 0.123 e. The van der Waals surface area contributed by atoms with E-state index in [9.17, 15) is 5.11 Å². The topological polar surface area (TPSA) is 72.3 Å². The van der Waals surface area contributed by atoms with Gasteiger partial charge in [-0.2, -0.15) is 0 Å². The number of hydrogen-bond acceptors (Lipinski definition) is 3. The van der Waals surface area contributed by atoms with Crippen LogP contribution in [0.5, 0.6) is 5.75 Å². The van der Waals surface area contributed by atoms with E-state index in [-0.39, 0.29) is 5.75 Å². The molecule has 0 saturated heterocycles. The average molecular weight is 252 g/mol.